The summed E-state index contributed by atoms with van der Waals surface area (Å²) in [6, 6.07) is 0. The van der Waals surface area contributed by atoms with Crippen LogP contribution in [0, 0.1) is 11.8 Å². The van der Waals surface area contributed by atoms with E-state index in [0.717, 1.165) is 25.9 Å². The number of likely N-dealkylation sites (tertiary alicyclic amines) is 1. The lowest BCUT2D eigenvalue weighted by Gasteiger charge is -2.46. The molecule has 0 aromatic heterocycles. The van der Waals surface area contributed by atoms with Gasteiger partial charge in [0.05, 0.1) is 0 Å². The number of carbonyl (C=O) groups excluding carboxylic acids is 1. The molecule has 2 rings (SSSR count). The molecule has 2 heteroatoms. The topological polar surface area (TPSA) is 20.3 Å². The molecule has 1 heterocycles. The largest absolute Gasteiger partial charge is 0.299 e. The Labute approximate surface area is 86.7 Å². The van der Waals surface area contributed by atoms with E-state index in [1.165, 1.54) is 6.42 Å². The average Bonchev–Trinajstić information content (AvgIpc) is 2.00. The predicted molar refractivity (Wildman–Crippen MR) is 57.2 cm³/mol. The Bertz CT molecular complexity index is 225. The number of fused-ring (bicyclic) bond motifs is 2. The molecule has 0 spiro atoms. The normalized spacial score (nSPS) is 34.6. The van der Waals surface area contributed by atoms with E-state index in [-0.39, 0.29) is 5.54 Å². The van der Waals surface area contributed by atoms with Crippen molar-refractivity contribution in [2.45, 2.75) is 45.6 Å². The maximum Gasteiger partial charge on any atom is 0.141 e. The number of hydrogen-bond acceptors (Lipinski definition) is 2. The van der Waals surface area contributed by atoms with Crippen molar-refractivity contribution in [3.63, 3.8) is 0 Å². The number of piperidine rings is 1. The minimum atomic E-state index is 0.231. The van der Waals surface area contributed by atoms with Crippen LogP contribution in [0.2, 0.25) is 0 Å². The molecule has 0 amide bonds. The van der Waals surface area contributed by atoms with E-state index < -0.39 is 0 Å². The quantitative estimate of drug-likeness (QED) is 0.590. The first-order chi connectivity index (χ1) is 6.48. The number of rotatable bonds is 0. The van der Waals surface area contributed by atoms with Crippen LogP contribution in [-0.4, -0.2) is 29.3 Å². The fourth-order valence-corrected chi connectivity index (χ4v) is 2.75. The van der Waals surface area contributed by atoms with Crippen LogP contribution in [0.4, 0.5) is 0 Å². The van der Waals surface area contributed by atoms with Gasteiger partial charge in [-0.25, -0.2) is 0 Å². The molecule has 14 heavy (non-hydrogen) atoms. The van der Waals surface area contributed by atoms with E-state index in [1.807, 2.05) is 0 Å². The summed E-state index contributed by atoms with van der Waals surface area (Å²) < 4.78 is 0. The highest BCUT2D eigenvalue weighted by molar-refractivity contribution is 5.85. The Morgan fingerprint density at radius 1 is 1.14 bits per heavy atom. The number of nitrogens with zero attached hydrogens (tertiary/aromatic N) is 1. The van der Waals surface area contributed by atoms with Crippen LogP contribution in [0.3, 0.4) is 0 Å². The van der Waals surface area contributed by atoms with Crippen LogP contribution in [0.5, 0.6) is 0 Å². The van der Waals surface area contributed by atoms with Gasteiger partial charge in [0.25, 0.3) is 0 Å². The molecule has 1 aliphatic heterocycles. The van der Waals surface area contributed by atoms with Crippen molar-refractivity contribution in [1.29, 1.82) is 0 Å². The summed E-state index contributed by atoms with van der Waals surface area (Å²) in [5.41, 5.74) is 0.231. The molecular formula is C12H21NO. The molecule has 1 saturated heterocycles. The Kier molecular flexibility index (Phi) is 2.42. The highest BCUT2D eigenvalue weighted by atomic mass is 16.1. The third-order valence-corrected chi connectivity index (χ3v) is 3.74. The lowest BCUT2D eigenvalue weighted by molar-refractivity contribution is -0.136. The summed E-state index contributed by atoms with van der Waals surface area (Å²) in [6.07, 6.45) is 3.52. The highest BCUT2D eigenvalue weighted by Crippen LogP contribution is 2.34. The van der Waals surface area contributed by atoms with Gasteiger partial charge >= 0.3 is 0 Å². The van der Waals surface area contributed by atoms with E-state index >= 15 is 0 Å². The van der Waals surface area contributed by atoms with Gasteiger partial charge in [0.1, 0.15) is 5.78 Å². The fraction of sp³-hybridized carbons (Fsp3) is 0.917. The molecule has 0 aromatic rings. The van der Waals surface area contributed by atoms with E-state index in [1.54, 1.807) is 0 Å². The first-order valence-electron chi connectivity index (χ1n) is 5.77. The first kappa shape index (κ1) is 10.2. The summed E-state index contributed by atoms with van der Waals surface area (Å²) in [5, 5.41) is 0. The molecule has 1 saturated carbocycles. The van der Waals surface area contributed by atoms with Crippen molar-refractivity contribution >= 4 is 5.78 Å². The summed E-state index contributed by atoms with van der Waals surface area (Å²) >= 11 is 0. The van der Waals surface area contributed by atoms with E-state index in [2.05, 4.69) is 25.7 Å². The van der Waals surface area contributed by atoms with Crippen molar-refractivity contribution in [2.24, 2.45) is 11.8 Å². The van der Waals surface area contributed by atoms with E-state index in [0.29, 0.717) is 17.6 Å². The second-order valence-electron chi connectivity index (χ2n) is 5.80. The monoisotopic (exact) mass is 195 g/mol. The average molecular weight is 195 g/mol. The van der Waals surface area contributed by atoms with E-state index in [4.69, 9.17) is 0 Å². The smallest absolute Gasteiger partial charge is 0.141 e. The molecule has 2 bridgehead atoms. The molecular weight excluding hydrogens is 174 g/mol. The highest BCUT2D eigenvalue weighted by Gasteiger charge is 2.40. The third kappa shape index (κ3) is 1.72. The fourth-order valence-electron chi connectivity index (χ4n) is 2.75. The Morgan fingerprint density at radius 3 is 2.07 bits per heavy atom. The van der Waals surface area contributed by atoms with Gasteiger partial charge in [-0.1, -0.05) is 6.42 Å². The zero-order valence-corrected chi connectivity index (χ0v) is 9.55. The Balaban J connectivity index is 2.11. The summed E-state index contributed by atoms with van der Waals surface area (Å²) in [5.74, 6) is 1.25. The molecule has 1 aliphatic carbocycles. The second-order valence-corrected chi connectivity index (χ2v) is 5.80. The SMILES string of the molecule is CC(C)(C)N1C[C@H]2CCC[C@H](C1)C2=O. The molecule has 0 N–H and O–H groups in total. The van der Waals surface area contributed by atoms with Gasteiger partial charge in [-0.15, -0.1) is 0 Å². The van der Waals surface area contributed by atoms with Gasteiger partial charge in [-0.3, -0.25) is 9.69 Å². The lowest BCUT2D eigenvalue weighted by Crippen LogP contribution is -2.55. The summed E-state index contributed by atoms with van der Waals surface area (Å²) in [7, 11) is 0. The maximum absolute atomic E-state index is 11.9. The molecule has 2 aliphatic rings. The predicted octanol–water partition coefficient (Wildman–Crippen LogP) is 2.09. The Hall–Kier alpha value is -0.370. The first-order valence-corrected chi connectivity index (χ1v) is 5.77. The van der Waals surface area contributed by atoms with Gasteiger partial charge < -0.3 is 0 Å². The summed E-state index contributed by atoms with van der Waals surface area (Å²) in [4.78, 5) is 14.3. The van der Waals surface area contributed by atoms with Gasteiger partial charge in [0.15, 0.2) is 0 Å². The van der Waals surface area contributed by atoms with Crippen LogP contribution in [0.15, 0.2) is 0 Å². The van der Waals surface area contributed by atoms with E-state index in [9.17, 15) is 4.79 Å². The molecule has 0 radical (unpaired) electrons. The van der Waals surface area contributed by atoms with Gasteiger partial charge in [-0.05, 0) is 33.6 Å². The molecule has 2 atom stereocenters. The van der Waals surface area contributed by atoms with Crippen molar-refractivity contribution in [3.8, 4) is 0 Å². The summed E-state index contributed by atoms with van der Waals surface area (Å²) in [6.45, 7) is 8.74. The van der Waals surface area contributed by atoms with Gasteiger partial charge in [-0.2, -0.15) is 0 Å². The number of hydrogen-bond donors (Lipinski definition) is 0. The number of carbonyl (C=O) groups is 1. The maximum atomic E-state index is 11.9. The van der Waals surface area contributed by atoms with Crippen LogP contribution < -0.4 is 0 Å². The molecule has 2 nitrogen and oxygen atoms in total. The van der Waals surface area contributed by atoms with Crippen molar-refractivity contribution in [2.75, 3.05) is 13.1 Å². The van der Waals surface area contributed by atoms with Crippen LogP contribution in [0.1, 0.15) is 40.0 Å². The zero-order valence-electron chi connectivity index (χ0n) is 9.55. The van der Waals surface area contributed by atoms with Crippen molar-refractivity contribution < 1.29 is 4.79 Å². The van der Waals surface area contributed by atoms with Crippen LogP contribution >= 0.6 is 0 Å². The van der Waals surface area contributed by atoms with Crippen molar-refractivity contribution in [3.05, 3.63) is 0 Å². The Morgan fingerprint density at radius 2 is 1.64 bits per heavy atom. The van der Waals surface area contributed by atoms with Crippen molar-refractivity contribution in [1.82, 2.24) is 4.90 Å². The van der Waals surface area contributed by atoms with Crippen LogP contribution in [0.25, 0.3) is 0 Å². The third-order valence-electron chi connectivity index (χ3n) is 3.74. The zero-order chi connectivity index (χ0) is 10.3. The standard InChI is InChI=1S/C12H21NO/c1-12(2,3)13-7-9-5-4-6-10(8-13)11(9)14/h9-10H,4-8H2,1-3H3/t9-,10-/m1/s1. The molecule has 0 unspecified atom stereocenters. The molecule has 80 valence electrons. The second kappa shape index (κ2) is 3.34. The number of Topliss-reactive ketones (excluding diaryl/α,β-unsaturated/α-hetero) is 1. The minimum absolute atomic E-state index is 0.231. The van der Waals surface area contributed by atoms with Gasteiger partial charge in [0, 0.05) is 30.5 Å². The number of ketones is 1. The molecule has 0 aromatic carbocycles. The minimum Gasteiger partial charge on any atom is -0.299 e. The van der Waals surface area contributed by atoms with Gasteiger partial charge in [0.2, 0.25) is 0 Å². The molecule has 2 fully saturated rings. The lowest BCUT2D eigenvalue weighted by atomic mass is 9.75. The van der Waals surface area contributed by atoms with Crippen LogP contribution in [-0.2, 0) is 4.79 Å².